The van der Waals surface area contributed by atoms with Gasteiger partial charge in [0.25, 0.3) is 0 Å². The predicted octanol–water partition coefficient (Wildman–Crippen LogP) is 2.72. The zero-order chi connectivity index (χ0) is 10.9. The number of hydrogen-bond donors (Lipinski definition) is 1. The molecule has 0 radical (unpaired) electrons. The summed E-state index contributed by atoms with van der Waals surface area (Å²) in [4.78, 5) is 0. The molecule has 0 heterocycles. The molecule has 0 fully saturated rings. The Labute approximate surface area is 87.3 Å². The fraction of sp³-hybridized carbons (Fsp3) is 0.400. The van der Waals surface area contributed by atoms with E-state index in [1.165, 1.54) is 27.0 Å². The fourth-order valence-electron chi connectivity index (χ4n) is 1.15. The van der Waals surface area contributed by atoms with Crippen molar-refractivity contribution in [1.29, 1.82) is 0 Å². The van der Waals surface area contributed by atoms with Gasteiger partial charge in [-0.2, -0.15) is 0 Å². The van der Waals surface area contributed by atoms with Crippen molar-refractivity contribution in [1.82, 2.24) is 0 Å². The summed E-state index contributed by atoms with van der Waals surface area (Å²) < 4.78 is 18.3. The smallest absolute Gasteiger partial charge is 0.140 e. The first-order valence-electron chi connectivity index (χ1n) is 4.12. The molecule has 2 nitrogen and oxygen atoms in total. The van der Waals surface area contributed by atoms with Crippen molar-refractivity contribution in [3.63, 3.8) is 0 Å². The molecule has 0 amide bonds. The van der Waals surface area contributed by atoms with E-state index >= 15 is 0 Å². The Kier molecular flexibility index (Phi) is 3.02. The van der Waals surface area contributed by atoms with Crippen molar-refractivity contribution in [2.45, 2.75) is 19.4 Å². The van der Waals surface area contributed by atoms with Gasteiger partial charge in [0.15, 0.2) is 0 Å². The van der Waals surface area contributed by atoms with Crippen molar-refractivity contribution in [3.05, 3.63) is 28.5 Å². The van der Waals surface area contributed by atoms with Gasteiger partial charge < -0.3 is 9.84 Å². The minimum atomic E-state index is -1.25. The summed E-state index contributed by atoms with van der Waals surface area (Å²) in [6.07, 6.45) is 0. The minimum absolute atomic E-state index is 0.156. The Bertz CT molecular complexity index is 345. The molecule has 1 rings (SSSR count). The van der Waals surface area contributed by atoms with Crippen LogP contribution >= 0.6 is 11.6 Å². The Morgan fingerprint density at radius 3 is 2.43 bits per heavy atom. The maximum atomic E-state index is 13.4. The van der Waals surface area contributed by atoms with Crippen molar-refractivity contribution < 1.29 is 14.2 Å². The molecule has 0 bridgehead atoms. The van der Waals surface area contributed by atoms with Gasteiger partial charge in [-0.15, -0.1) is 0 Å². The number of ether oxygens (including phenoxy) is 1. The molecule has 0 unspecified atom stereocenters. The summed E-state index contributed by atoms with van der Waals surface area (Å²) >= 11 is 5.80. The maximum absolute atomic E-state index is 13.4. The van der Waals surface area contributed by atoms with E-state index in [1.54, 1.807) is 0 Å². The fourth-order valence-corrected chi connectivity index (χ4v) is 1.39. The molecule has 0 atom stereocenters. The van der Waals surface area contributed by atoms with Crippen molar-refractivity contribution >= 4 is 11.6 Å². The molecular weight excluding hydrogens is 207 g/mol. The molecule has 1 N–H and O–H groups in total. The first-order valence-corrected chi connectivity index (χ1v) is 4.50. The average Bonchev–Trinajstić information content (AvgIpc) is 2.06. The first-order chi connectivity index (χ1) is 6.36. The van der Waals surface area contributed by atoms with Gasteiger partial charge in [-0.3, -0.25) is 0 Å². The second-order valence-corrected chi connectivity index (χ2v) is 3.93. The quantitative estimate of drug-likeness (QED) is 0.827. The molecule has 0 spiro atoms. The van der Waals surface area contributed by atoms with Crippen LogP contribution < -0.4 is 4.74 Å². The monoisotopic (exact) mass is 218 g/mol. The number of benzene rings is 1. The summed E-state index contributed by atoms with van der Waals surface area (Å²) in [7, 11) is 1.41. The Morgan fingerprint density at radius 2 is 2.00 bits per heavy atom. The Balaban J connectivity index is 3.29. The van der Waals surface area contributed by atoms with Crippen LogP contribution in [0.1, 0.15) is 19.4 Å². The van der Waals surface area contributed by atoms with Crippen LogP contribution in [0.25, 0.3) is 0 Å². The van der Waals surface area contributed by atoms with E-state index in [1.807, 2.05) is 0 Å². The minimum Gasteiger partial charge on any atom is -0.495 e. The summed E-state index contributed by atoms with van der Waals surface area (Å²) in [6.45, 7) is 2.99. The lowest BCUT2D eigenvalue weighted by Crippen LogP contribution is -2.17. The van der Waals surface area contributed by atoms with Gasteiger partial charge >= 0.3 is 0 Å². The number of methoxy groups -OCH3 is 1. The summed E-state index contributed by atoms with van der Waals surface area (Å²) in [6, 6.07) is 2.53. The zero-order valence-corrected chi connectivity index (χ0v) is 9.02. The lowest BCUT2D eigenvalue weighted by molar-refractivity contribution is 0.0745. The standard InChI is InChI=1S/C10H12ClFO2/c1-10(2,13)6-4-7(11)9(14-3)5-8(6)12/h4-5,13H,1-3H3. The summed E-state index contributed by atoms with van der Waals surface area (Å²) in [5.74, 6) is -0.268. The molecule has 0 aliphatic carbocycles. The van der Waals surface area contributed by atoms with E-state index < -0.39 is 11.4 Å². The van der Waals surface area contributed by atoms with E-state index in [-0.39, 0.29) is 16.3 Å². The lowest BCUT2D eigenvalue weighted by Gasteiger charge is -2.19. The molecule has 1 aromatic carbocycles. The predicted molar refractivity (Wildman–Crippen MR) is 53.2 cm³/mol. The Morgan fingerprint density at radius 1 is 1.43 bits per heavy atom. The highest BCUT2D eigenvalue weighted by atomic mass is 35.5. The third-order valence-electron chi connectivity index (χ3n) is 1.90. The highest BCUT2D eigenvalue weighted by Gasteiger charge is 2.22. The van der Waals surface area contributed by atoms with Gasteiger partial charge in [0.2, 0.25) is 0 Å². The van der Waals surface area contributed by atoms with Crippen LogP contribution in [-0.2, 0) is 5.60 Å². The molecular formula is C10H12ClFO2. The molecule has 0 saturated carbocycles. The van der Waals surface area contributed by atoms with Crippen LogP contribution in [0.4, 0.5) is 4.39 Å². The van der Waals surface area contributed by atoms with Gasteiger partial charge in [0, 0.05) is 11.6 Å². The van der Waals surface area contributed by atoms with E-state index in [4.69, 9.17) is 16.3 Å². The molecule has 0 aliphatic rings. The van der Waals surface area contributed by atoms with E-state index in [9.17, 15) is 9.50 Å². The zero-order valence-electron chi connectivity index (χ0n) is 8.27. The summed E-state index contributed by atoms with van der Waals surface area (Å²) in [5, 5.41) is 9.90. The SMILES string of the molecule is COc1cc(F)c(C(C)(C)O)cc1Cl. The second-order valence-electron chi connectivity index (χ2n) is 3.53. The number of rotatable bonds is 2. The second kappa shape index (κ2) is 3.75. The first kappa shape index (κ1) is 11.3. The van der Waals surface area contributed by atoms with Gasteiger partial charge in [0.05, 0.1) is 17.7 Å². The average molecular weight is 219 g/mol. The van der Waals surface area contributed by atoms with Crippen molar-refractivity contribution in [2.75, 3.05) is 7.11 Å². The van der Waals surface area contributed by atoms with Crippen LogP contribution in [0.5, 0.6) is 5.75 Å². The van der Waals surface area contributed by atoms with E-state index in [2.05, 4.69) is 0 Å². The van der Waals surface area contributed by atoms with E-state index in [0.29, 0.717) is 0 Å². The highest BCUT2D eigenvalue weighted by molar-refractivity contribution is 6.32. The molecule has 0 saturated heterocycles. The number of hydrogen-bond acceptors (Lipinski definition) is 2. The van der Waals surface area contributed by atoms with E-state index in [0.717, 1.165) is 6.07 Å². The maximum Gasteiger partial charge on any atom is 0.140 e. The van der Waals surface area contributed by atoms with Gasteiger partial charge in [-0.25, -0.2) is 4.39 Å². The normalized spacial score (nSPS) is 11.6. The molecule has 0 aromatic heterocycles. The van der Waals surface area contributed by atoms with Crippen LogP contribution in [0.15, 0.2) is 12.1 Å². The molecule has 78 valence electrons. The molecule has 14 heavy (non-hydrogen) atoms. The van der Waals surface area contributed by atoms with Gasteiger partial charge in [-0.1, -0.05) is 11.6 Å². The number of aliphatic hydroxyl groups is 1. The molecule has 1 aromatic rings. The van der Waals surface area contributed by atoms with Crippen molar-refractivity contribution in [3.8, 4) is 5.75 Å². The highest BCUT2D eigenvalue weighted by Crippen LogP contribution is 2.32. The molecule has 0 aliphatic heterocycles. The van der Waals surface area contributed by atoms with Crippen molar-refractivity contribution in [2.24, 2.45) is 0 Å². The largest absolute Gasteiger partial charge is 0.495 e. The van der Waals surface area contributed by atoms with Crippen LogP contribution in [0.2, 0.25) is 5.02 Å². The number of halogens is 2. The van der Waals surface area contributed by atoms with Gasteiger partial charge in [0.1, 0.15) is 11.6 Å². The van der Waals surface area contributed by atoms with Crippen LogP contribution in [0, 0.1) is 5.82 Å². The topological polar surface area (TPSA) is 29.5 Å². The van der Waals surface area contributed by atoms with Crippen LogP contribution in [0.3, 0.4) is 0 Å². The molecule has 4 heteroatoms. The summed E-state index contributed by atoms with van der Waals surface area (Å²) in [5.41, 5.74) is -1.09. The lowest BCUT2D eigenvalue weighted by atomic mass is 9.98. The van der Waals surface area contributed by atoms with Crippen LogP contribution in [-0.4, -0.2) is 12.2 Å². The third kappa shape index (κ3) is 2.16. The van der Waals surface area contributed by atoms with Gasteiger partial charge in [-0.05, 0) is 19.9 Å². The third-order valence-corrected chi connectivity index (χ3v) is 2.20. The Hall–Kier alpha value is -0.800.